The number of aryl methyl sites for hydroxylation is 1. The lowest BCUT2D eigenvalue weighted by Crippen LogP contribution is -2.36. The van der Waals surface area contributed by atoms with Gasteiger partial charge in [0.2, 0.25) is 0 Å². The summed E-state index contributed by atoms with van der Waals surface area (Å²) in [7, 11) is 0. The number of hydrogen-bond donors (Lipinski definition) is 1. The number of carbonyl (C=O) groups excluding carboxylic acids is 2. The summed E-state index contributed by atoms with van der Waals surface area (Å²) in [5.41, 5.74) is 0.565. The SMILES string of the molecule is Cc1ccc(C2/C(=C(/O)c3cccc4ccccc34)C(=O)C(=O)N2CC2CCCO2)o1. The first kappa shape index (κ1) is 19.6. The number of likely N-dealkylation sites (tertiary alicyclic amines) is 1. The van der Waals surface area contributed by atoms with Crippen molar-refractivity contribution in [2.75, 3.05) is 13.2 Å². The molecule has 1 aromatic heterocycles. The van der Waals surface area contributed by atoms with Crippen LogP contribution < -0.4 is 0 Å². The molecule has 6 heteroatoms. The lowest BCUT2D eigenvalue weighted by Gasteiger charge is -2.25. The normalized spacial score (nSPS) is 23.2. The van der Waals surface area contributed by atoms with E-state index in [1.54, 1.807) is 25.1 Å². The van der Waals surface area contributed by atoms with Crippen molar-refractivity contribution in [3.63, 3.8) is 0 Å². The van der Waals surface area contributed by atoms with Crippen LogP contribution in [0.2, 0.25) is 0 Å². The molecule has 2 aliphatic heterocycles. The average molecular weight is 417 g/mol. The number of benzene rings is 2. The second-order valence-electron chi connectivity index (χ2n) is 8.06. The Morgan fingerprint density at radius 3 is 2.65 bits per heavy atom. The summed E-state index contributed by atoms with van der Waals surface area (Å²) in [4.78, 5) is 27.6. The van der Waals surface area contributed by atoms with Crippen LogP contribution in [-0.2, 0) is 14.3 Å². The lowest BCUT2D eigenvalue weighted by molar-refractivity contribution is -0.141. The maximum Gasteiger partial charge on any atom is 0.295 e. The third-order valence-corrected chi connectivity index (χ3v) is 6.04. The van der Waals surface area contributed by atoms with Crippen LogP contribution >= 0.6 is 0 Å². The number of aliphatic hydroxyl groups excluding tert-OH is 1. The first-order valence-electron chi connectivity index (χ1n) is 10.5. The molecule has 6 nitrogen and oxygen atoms in total. The molecule has 1 N–H and O–H groups in total. The molecular weight excluding hydrogens is 394 g/mol. The maximum absolute atomic E-state index is 13.1. The van der Waals surface area contributed by atoms with Gasteiger partial charge < -0.3 is 19.2 Å². The Labute approximate surface area is 179 Å². The van der Waals surface area contributed by atoms with Gasteiger partial charge in [-0.15, -0.1) is 0 Å². The van der Waals surface area contributed by atoms with Crippen molar-refractivity contribution in [2.24, 2.45) is 0 Å². The van der Waals surface area contributed by atoms with E-state index in [-0.39, 0.29) is 24.0 Å². The van der Waals surface area contributed by atoms with E-state index in [0.29, 0.717) is 23.7 Å². The van der Waals surface area contributed by atoms with Crippen molar-refractivity contribution >= 4 is 28.2 Å². The molecule has 31 heavy (non-hydrogen) atoms. The first-order chi connectivity index (χ1) is 15.0. The first-order valence-corrected chi connectivity index (χ1v) is 10.5. The molecule has 2 aliphatic rings. The van der Waals surface area contributed by atoms with Crippen molar-refractivity contribution in [3.8, 4) is 0 Å². The van der Waals surface area contributed by atoms with Gasteiger partial charge in [-0.2, -0.15) is 0 Å². The van der Waals surface area contributed by atoms with Crippen molar-refractivity contribution in [1.82, 2.24) is 4.90 Å². The second-order valence-corrected chi connectivity index (χ2v) is 8.06. The number of ether oxygens (including phenoxy) is 1. The predicted octanol–water partition coefficient (Wildman–Crippen LogP) is 4.34. The van der Waals surface area contributed by atoms with E-state index in [0.717, 1.165) is 23.6 Å². The fourth-order valence-electron chi connectivity index (χ4n) is 4.55. The fraction of sp³-hybridized carbons (Fsp3) is 0.280. The largest absolute Gasteiger partial charge is 0.507 e. The van der Waals surface area contributed by atoms with Crippen LogP contribution in [0.4, 0.5) is 0 Å². The Balaban J connectivity index is 1.67. The number of nitrogens with zero attached hydrogens (tertiary/aromatic N) is 1. The van der Waals surface area contributed by atoms with Crippen LogP contribution in [0.5, 0.6) is 0 Å². The molecule has 1 amide bonds. The van der Waals surface area contributed by atoms with Crippen molar-refractivity contribution in [2.45, 2.75) is 31.9 Å². The average Bonchev–Trinajstić information content (AvgIpc) is 3.50. The molecule has 2 saturated heterocycles. The predicted molar refractivity (Wildman–Crippen MR) is 115 cm³/mol. The number of carbonyl (C=O) groups is 2. The zero-order valence-electron chi connectivity index (χ0n) is 17.2. The summed E-state index contributed by atoms with van der Waals surface area (Å²) in [6.45, 7) is 2.73. The highest BCUT2D eigenvalue weighted by atomic mass is 16.5. The van der Waals surface area contributed by atoms with E-state index in [1.165, 1.54) is 4.90 Å². The van der Waals surface area contributed by atoms with Gasteiger partial charge in [-0.3, -0.25) is 9.59 Å². The molecule has 3 heterocycles. The molecule has 0 saturated carbocycles. The van der Waals surface area contributed by atoms with E-state index >= 15 is 0 Å². The Morgan fingerprint density at radius 1 is 1.10 bits per heavy atom. The Kier molecular flexibility index (Phi) is 4.87. The molecule has 5 rings (SSSR count). The van der Waals surface area contributed by atoms with Crippen molar-refractivity contribution in [3.05, 3.63) is 77.3 Å². The molecule has 2 aromatic carbocycles. The van der Waals surface area contributed by atoms with Gasteiger partial charge in [0, 0.05) is 18.7 Å². The second kappa shape index (κ2) is 7.71. The highest BCUT2D eigenvalue weighted by Gasteiger charge is 2.48. The monoisotopic (exact) mass is 417 g/mol. The number of ketones is 1. The van der Waals surface area contributed by atoms with Crippen LogP contribution in [0.15, 0.2) is 64.6 Å². The summed E-state index contributed by atoms with van der Waals surface area (Å²) >= 11 is 0. The van der Waals surface area contributed by atoms with Gasteiger partial charge >= 0.3 is 0 Å². The number of Topliss-reactive ketones (excluding diaryl/α,β-unsaturated/α-hetero) is 1. The Hall–Kier alpha value is -3.38. The maximum atomic E-state index is 13.1. The number of furan rings is 1. The third-order valence-electron chi connectivity index (χ3n) is 6.04. The number of rotatable bonds is 4. The summed E-state index contributed by atoms with van der Waals surface area (Å²) in [5, 5.41) is 13.1. The Bertz CT molecular complexity index is 1200. The topological polar surface area (TPSA) is 80.0 Å². The highest BCUT2D eigenvalue weighted by Crippen LogP contribution is 2.41. The molecule has 0 spiro atoms. The smallest absolute Gasteiger partial charge is 0.295 e. The van der Waals surface area contributed by atoms with Gasteiger partial charge in [-0.05, 0) is 42.7 Å². The van der Waals surface area contributed by atoms with Crippen molar-refractivity contribution in [1.29, 1.82) is 0 Å². The van der Waals surface area contributed by atoms with E-state index < -0.39 is 17.7 Å². The van der Waals surface area contributed by atoms with Crippen LogP contribution in [0.25, 0.3) is 16.5 Å². The van der Waals surface area contributed by atoms with Gasteiger partial charge in [0.1, 0.15) is 23.3 Å². The molecule has 158 valence electrons. The van der Waals surface area contributed by atoms with Crippen molar-refractivity contribution < 1.29 is 23.8 Å². The number of fused-ring (bicyclic) bond motifs is 1. The lowest BCUT2D eigenvalue weighted by atomic mass is 9.96. The molecule has 0 aliphatic carbocycles. The van der Waals surface area contributed by atoms with Crippen LogP contribution in [0.1, 0.15) is 36.0 Å². The van der Waals surface area contributed by atoms with Gasteiger partial charge in [-0.25, -0.2) is 0 Å². The molecule has 0 bridgehead atoms. The van der Waals surface area contributed by atoms with Crippen LogP contribution in [-0.4, -0.2) is 41.0 Å². The molecule has 0 radical (unpaired) electrons. The Morgan fingerprint density at radius 2 is 1.90 bits per heavy atom. The zero-order chi connectivity index (χ0) is 21.5. The summed E-state index contributed by atoms with van der Waals surface area (Å²) in [6.07, 6.45) is 1.63. The standard InChI is InChI=1S/C25H23NO5/c1-15-11-12-20(31-15)22-21(24(28)25(29)26(22)14-17-8-5-13-30-17)23(27)19-10-4-7-16-6-2-3-9-18(16)19/h2-4,6-7,9-12,17,22,27H,5,8,13-14H2,1H3/b23-21-. The minimum Gasteiger partial charge on any atom is -0.507 e. The number of amides is 1. The molecule has 2 atom stereocenters. The highest BCUT2D eigenvalue weighted by molar-refractivity contribution is 6.46. The van der Waals surface area contributed by atoms with E-state index in [9.17, 15) is 14.7 Å². The zero-order valence-corrected chi connectivity index (χ0v) is 17.2. The van der Waals surface area contributed by atoms with Gasteiger partial charge in [0.05, 0.1) is 11.7 Å². The summed E-state index contributed by atoms with van der Waals surface area (Å²) in [6, 6.07) is 15.9. The van der Waals surface area contributed by atoms with Gasteiger partial charge in [-0.1, -0.05) is 42.5 Å². The van der Waals surface area contributed by atoms with Gasteiger partial charge in [0.25, 0.3) is 11.7 Å². The van der Waals surface area contributed by atoms with E-state index in [2.05, 4.69) is 0 Å². The van der Waals surface area contributed by atoms with E-state index in [4.69, 9.17) is 9.15 Å². The number of aliphatic hydroxyl groups is 1. The summed E-state index contributed by atoms with van der Waals surface area (Å²) in [5.74, 6) is -0.415. The van der Waals surface area contributed by atoms with E-state index in [1.807, 2.05) is 36.4 Å². The number of hydrogen-bond acceptors (Lipinski definition) is 5. The fourth-order valence-corrected chi connectivity index (χ4v) is 4.55. The van der Waals surface area contributed by atoms with Gasteiger partial charge in [0.15, 0.2) is 0 Å². The van der Waals surface area contributed by atoms with Crippen LogP contribution in [0.3, 0.4) is 0 Å². The minimum absolute atomic E-state index is 0.0497. The molecule has 2 unspecified atom stereocenters. The molecular formula is C25H23NO5. The summed E-state index contributed by atoms with van der Waals surface area (Å²) < 4.78 is 11.5. The minimum atomic E-state index is -0.795. The quantitative estimate of drug-likeness (QED) is 0.388. The van der Waals surface area contributed by atoms with Crippen LogP contribution in [0, 0.1) is 6.92 Å². The third kappa shape index (κ3) is 3.33. The molecule has 2 fully saturated rings. The molecule has 3 aromatic rings.